The van der Waals surface area contributed by atoms with Gasteiger partial charge >= 0.3 is 0 Å². The van der Waals surface area contributed by atoms with Crippen LogP contribution in [-0.2, 0) is 13.1 Å². The van der Waals surface area contributed by atoms with Crippen molar-refractivity contribution in [2.45, 2.75) is 64.2 Å². The lowest BCUT2D eigenvalue weighted by Gasteiger charge is -2.25. The van der Waals surface area contributed by atoms with E-state index in [1.807, 2.05) is 0 Å². The van der Waals surface area contributed by atoms with Gasteiger partial charge in [-0.05, 0) is 56.6 Å². The highest BCUT2D eigenvalue weighted by Crippen LogP contribution is 2.38. The molecule has 0 radical (unpaired) electrons. The second-order valence-corrected chi connectivity index (χ2v) is 6.74. The SMILES string of the molecule is Cc1cc(CN2CC3CCC2C3)oc1CNC1CC1. The number of hydrogen-bond donors (Lipinski definition) is 1. The number of fused-ring (bicyclic) bond motifs is 2. The number of furan rings is 1. The van der Waals surface area contributed by atoms with E-state index < -0.39 is 0 Å². The summed E-state index contributed by atoms with van der Waals surface area (Å²) < 4.78 is 6.06. The fraction of sp³-hybridized carbons (Fsp3) is 0.750. The van der Waals surface area contributed by atoms with Crippen molar-refractivity contribution in [1.29, 1.82) is 0 Å². The molecule has 104 valence electrons. The van der Waals surface area contributed by atoms with E-state index >= 15 is 0 Å². The Hall–Kier alpha value is -0.800. The topological polar surface area (TPSA) is 28.4 Å². The van der Waals surface area contributed by atoms with E-state index in [2.05, 4.69) is 23.2 Å². The van der Waals surface area contributed by atoms with Crippen molar-refractivity contribution < 1.29 is 4.42 Å². The number of hydrogen-bond acceptors (Lipinski definition) is 3. The van der Waals surface area contributed by atoms with Crippen LogP contribution in [0.15, 0.2) is 10.5 Å². The predicted octanol–water partition coefficient (Wildman–Crippen LogP) is 2.82. The Bertz CT molecular complexity index is 463. The number of nitrogens with one attached hydrogen (secondary N) is 1. The van der Waals surface area contributed by atoms with Crippen molar-refractivity contribution in [1.82, 2.24) is 10.2 Å². The molecule has 2 heterocycles. The molecule has 0 aromatic carbocycles. The van der Waals surface area contributed by atoms with Crippen LogP contribution < -0.4 is 5.32 Å². The number of rotatable bonds is 5. The molecule has 1 saturated heterocycles. The fourth-order valence-corrected chi connectivity index (χ4v) is 3.79. The minimum Gasteiger partial charge on any atom is -0.463 e. The first kappa shape index (κ1) is 12.0. The molecule has 4 rings (SSSR count). The predicted molar refractivity (Wildman–Crippen MR) is 74.8 cm³/mol. The molecule has 1 aromatic rings. The Morgan fingerprint density at radius 2 is 2.21 bits per heavy atom. The molecular weight excluding hydrogens is 236 g/mol. The van der Waals surface area contributed by atoms with Crippen molar-refractivity contribution in [2.24, 2.45) is 5.92 Å². The highest BCUT2D eigenvalue weighted by atomic mass is 16.3. The molecule has 2 aliphatic carbocycles. The van der Waals surface area contributed by atoms with Crippen LogP contribution in [0.4, 0.5) is 0 Å². The molecule has 2 bridgehead atoms. The lowest BCUT2D eigenvalue weighted by molar-refractivity contribution is 0.189. The van der Waals surface area contributed by atoms with E-state index in [0.717, 1.165) is 42.6 Å². The van der Waals surface area contributed by atoms with Crippen LogP contribution >= 0.6 is 0 Å². The second kappa shape index (κ2) is 4.64. The van der Waals surface area contributed by atoms with E-state index in [4.69, 9.17) is 4.42 Å². The Morgan fingerprint density at radius 1 is 1.32 bits per heavy atom. The van der Waals surface area contributed by atoms with Gasteiger partial charge in [0.2, 0.25) is 0 Å². The van der Waals surface area contributed by atoms with Crippen molar-refractivity contribution in [3.8, 4) is 0 Å². The summed E-state index contributed by atoms with van der Waals surface area (Å²) in [7, 11) is 0. The molecule has 2 atom stereocenters. The minimum atomic E-state index is 0.752. The van der Waals surface area contributed by atoms with Crippen molar-refractivity contribution in [3.05, 3.63) is 23.2 Å². The van der Waals surface area contributed by atoms with Gasteiger partial charge in [-0.15, -0.1) is 0 Å². The number of piperidine rings is 1. The van der Waals surface area contributed by atoms with Crippen LogP contribution in [-0.4, -0.2) is 23.5 Å². The van der Waals surface area contributed by atoms with Crippen LogP contribution in [0.1, 0.15) is 49.2 Å². The van der Waals surface area contributed by atoms with E-state index in [1.165, 1.54) is 44.2 Å². The zero-order valence-electron chi connectivity index (χ0n) is 11.8. The van der Waals surface area contributed by atoms with Crippen LogP contribution in [0.3, 0.4) is 0 Å². The van der Waals surface area contributed by atoms with Crippen molar-refractivity contribution in [3.63, 3.8) is 0 Å². The van der Waals surface area contributed by atoms with Crippen molar-refractivity contribution >= 4 is 0 Å². The average molecular weight is 260 g/mol. The second-order valence-electron chi connectivity index (χ2n) is 6.74. The van der Waals surface area contributed by atoms with Gasteiger partial charge in [0, 0.05) is 18.6 Å². The summed E-state index contributed by atoms with van der Waals surface area (Å²) in [5, 5.41) is 3.54. The van der Waals surface area contributed by atoms with Gasteiger partial charge in [0.15, 0.2) is 0 Å². The van der Waals surface area contributed by atoms with Gasteiger partial charge in [0.1, 0.15) is 11.5 Å². The highest BCUT2D eigenvalue weighted by Gasteiger charge is 2.37. The first-order valence-electron chi connectivity index (χ1n) is 7.83. The summed E-state index contributed by atoms with van der Waals surface area (Å²) in [6.07, 6.45) is 6.96. The fourth-order valence-electron chi connectivity index (χ4n) is 3.79. The monoisotopic (exact) mass is 260 g/mol. The number of nitrogens with zero attached hydrogens (tertiary/aromatic N) is 1. The summed E-state index contributed by atoms with van der Waals surface area (Å²) in [6, 6.07) is 3.83. The molecule has 1 aliphatic heterocycles. The first-order valence-corrected chi connectivity index (χ1v) is 7.83. The Balaban J connectivity index is 1.39. The molecule has 2 saturated carbocycles. The van der Waals surface area contributed by atoms with E-state index in [1.54, 1.807) is 0 Å². The normalized spacial score (nSPS) is 30.4. The molecule has 1 N–H and O–H groups in total. The summed E-state index contributed by atoms with van der Waals surface area (Å²) in [4.78, 5) is 2.63. The summed E-state index contributed by atoms with van der Waals surface area (Å²) in [5.41, 5.74) is 1.31. The molecule has 3 fully saturated rings. The third kappa shape index (κ3) is 2.46. The lowest BCUT2D eigenvalue weighted by atomic mass is 10.1. The van der Waals surface area contributed by atoms with Gasteiger partial charge in [0.25, 0.3) is 0 Å². The first-order chi connectivity index (χ1) is 9.28. The molecule has 3 nitrogen and oxygen atoms in total. The van der Waals surface area contributed by atoms with E-state index in [-0.39, 0.29) is 0 Å². The van der Waals surface area contributed by atoms with Gasteiger partial charge in [-0.25, -0.2) is 0 Å². The van der Waals surface area contributed by atoms with Crippen LogP contribution in [0.5, 0.6) is 0 Å². The van der Waals surface area contributed by atoms with Gasteiger partial charge < -0.3 is 9.73 Å². The van der Waals surface area contributed by atoms with E-state index in [9.17, 15) is 0 Å². The maximum atomic E-state index is 6.06. The molecular formula is C16H24N2O. The average Bonchev–Trinajstić information content (AvgIpc) is 2.83. The van der Waals surface area contributed by atoms with E-state index in [0.29, 0.717) is 0 Å². The molecule has 19 heavy (non-hydrogen) atoms. The number of likely N-dealkylation sites (tertiary alicyclic amines) is 1. The molecule has 2 unspecified atom stereocenters. The summed E-state index contributed by atoms with van der Waals surface area (Å²) >= 11 is 0. The third-order valence-corrected chi connectivity index (χ3v) is 5.08. The zero-order chi connectivity index (χ0) is 12.8. The lowest BCUT2D eigenvalue weighted by Crippen LogP contribution is -2.31. The molecule has 0 amide bonds. The maximum absolute atomic E-state index is 6.06. The largest absolute Gasteiger partial charge is 0.463 e. The Labute approximate surface area is 115 Å². The summed E-state index contributed by atoms with van der Waals surface area (Å²) in [5.74, 6) is 3.28. The molecule has 3 aliphatic rings. The Morgan fingerprint density at radius 3 is 2.89 bits per heavy atom. The maximum Gasteiger partial charge on any atom is 0.120 e. The third-order valence-electron chi connectivity index (χ3n) is 5.08. The van der Waals surface area contributed by atoms with Crippen molar-refractivity contribution in [2.75, 3.05) is 6.54 Å². The van der Waals surface area contributed by atoms with Gasteiger partial charge in [-0.2, -0.15) is 0 Å². The van der Waals surface area contributed by atoms with Gasteiger partial charge in [-0.1, -0.05) is 0 Å². The smallest absolute Gasteiger partial charge is 0.120 e. The molecule has 3 heteroatoms. The van der Waals surface area contributed by atoms with Crippen LogP contribution in [0.2, 0.25) is 0 Å². The minimum absolute atomic E-state index is 0.752. The van der Waals surface area contributed by atoms with Crippen LogP contribution in [0, 0.1) is 12.8 Å². The van der Waals surface area contributed by atoms with Gasteiger partial charge in [0.05, 0.1) is 13.1 Å². The molecule has 0 spiro atoms. The Kier molecular flexibility index (Phi) is 2.92. The quantitative estimate of drug-likeness (QED) is 0.882. The van der Waals surface area contributed by atoms with Gasteiger partial charge in [-0.3, -0.25) is 4.90 Å². The zero-order valence-corrected chi connectivity index (χ0v) is 11.8. The summed E-state index contributed by atoms with van der Waals surface area (Å²) in [6.45, 7) is 5.39. The standard InChI is InChI=1S/C16H24N2O/c1-11-6-15(19-16(11)8-17-13-3-4-13)10-18-9-12-2-5-14(18)7-12/h6,12-14,17H,2-5,7-10H2,1H3. The van der Waals surface area contributed by atoms with Crippen LogP contribution in [0.25, 0.3) is 0 Å². The molecule has 1 aromatic heterocycles. The highest BCUT2D eigenvalue weighted by molar-refractivity contribution is 5.20. The number of aryl methyl sites for hydroxylation is 1.